The van der Waals surface area contributed by atoms with Gasteiger partial charge in [0, 0.05) is 23.7 Å². The molecule has 2 aromatic heterocycles. The van der Waals surface area contributed by atoms with Gasteiger partial charge < -0.3 is 19.3 Å². The molecule has 0 spiro atoms. The second-order valence-corrected chi connectivity index (χ2v) is 6.68. The van der Waals surface area contributed by atoms with E-state index < -0.39 is 23.2 Å². The smallest absolute Gasteiger partial charge is 0.434 e. The third kappa shape index (κ3) is 4.94. The Morgan fingerprint density at radius 3 is 2.48 bits per heavy atom. The molecule has 4 radical (unpaired) electrons. The van der Waals surface area contributed by atoms with Crippen LogP contribution in [0.15, 0.2) is 30.6 Å². The molecule has 0 unspecified atom stereocenters. The number of rotatable bonds is 6. The third-order valence-corrected chi connectivity index (χ3v) is 4.37. The Morgan fingerprint density at radius 1 is 1.19 bits per heavy atom. The van der Waals surface area contributed by atoms with Crippen molar-refractivity contribution in [2.24, 2.45) is 0 Å². The van der Waals surface area contributed by atoms with Crippen molar-refractivity contribution >= 4 is 27.3 Å². The van der Waals surface area contributed by atoms with Gasteiger partial charge in [-0.2, -0.15) is 13.2 Å². The number of benzene rings is 1. The van der Waals surface area contributed by atoms with Crippen LogP contribution in [0.2, 0.25) is 5.28 Å². The lowest BCUT2D eigenvalue weighted by atomic mass is 9.73. The summed E-state index contributed by atoms with van der Waals surface area (Å²) in [4.78, 5) is 15.7. The molecular formula is C17H12B2ClF3N4O4. The van der Waals surface area contributed by atoms with E-state index in [1.54, 1.807) is 0 Å². The third-order valence-electron chi connectivity index (χ3n) is 4.18. The largest absolute Gasteiger partial charge is 0.493 e. The molecule has 14 heteroatoms. The summed E-state index contributed by atoms with van der Waals surface area (Å²) in [5.74, 6) is -0.221. The van der Waals surface area contributed by atoms with Crippen LogP contribution in [0, 0.1) is 0 Å². The van der Waals surface area contributed by atoms with E-state index in [4.69, 9.17) is 32.0 Å². The van der Waals surface area contributed by atoms with Gasteiger partial charge in [0.05, 0.1) is 24.5 Å². The number of ether oxygens (including phenoxy) is 1. The molecule has 158 valence electrons. The highest BCUT2D eigenvalue weighted by atomic mass is 35.5. The van der Waals surface area contributed by atoms with Gasteiger partial charge in [-0.15, -0.1) is 0 Å². The van der Waals surface area contributed by atoms with E-state index >= 15 is 0 Å². The summed E-state index contributed by atoms with van der Waals surface area (Å²) in [6.45, 7) is 0. The van der Waals surface area contributed by atoms with E-state index in [1.165, 1.54) is 31.5 Å². The van der Waals surface area contributed by atoms with Crippen molar-refractivity contribution in [3.63, 3.8) is 0 Å². The number of methoxy groups -OCH3 is 1. The van der Waals surface area contributed by atoms with Crippen LogP contribution in [0.4, 0.5) is 13.2 Å². The average Bonchev–Trinajstić information content (AvgIpc) is 3.15. The molecule has 0 aliphatic heterocycles. The van der Waals surface area contributed by atoms with Crippen molar-refractivity contribution < 1.29 is 33.2 Å². The molecule has 3 rings (SSSR count). The molecule has 0 saturated carbocycles. The van der Waals surface area contributed by atoms with Gasteiger partial charge in [-0.1, -0.05) is 12.1 Å². The zero-order valence-corrected chi connectivity index (χ0v) is 16.5. The van der Waals surface area contributed by atoms with E-state index in [0.717, 1.165) is 0 Å². The molecule has 0 amide bonds. The Hall–Kier alpha value is -2.76. The number of hydrogen-bond acceptors (Lipinski definition) is 7. The number of hydrogen-bond donors (Lipinski definition) is 2. The van der Waals surface area contributed by atoms with Crippen molar-refractivity contribution in [3.05, 3.63) is 52.8 Å². The van der Waals surface area contributed by atoms with Crippen molar-refractivity contribution in [2.75, 3.05) is 7.11 Å². The number of halogens is 4. The highest BCUT2D eigenvalue weighted by Gasteiger charge is 2.36. The molecule has 2 heterocycles. The zero-order chi connectivity index (χ0) is 23.0. The summed E-state index contributed by atoms with van der Waals surface area (Å²) in [6, 6.07) is 4.00. The lowest BCUT2D eigenvalue weighted by Gasteiger charge is -2.23. The number of alkyl halides is 3. The van der Waals surface area contributed by atoms with Gasteiger partial charge >= 0.3 is 6.18 Å². The summed E-state index contributed by atoms with van der Waals surface area (Å²) in [6.07, 6.45) is -2.92. The standard InChI is InChI=1S/C17H12B2ClF3N4O4/c1-30-12-6-24-15(20)25-10(12)4-8-2-3-9(5-11(8)31-29)14-26-13(16(21,22)23)7-27(14)17(18,19)28/h2-3,5-7,28-29H,4H2,1H3. The molecule has 3 aromatic rings. The molecule has 31 heavy (non-hydrogen) atoms. The van der Waals surface area contributed by atoms with Gasteiger partial charge in [0.15, 0.2) is 17.2 Å². The van der Waals surface area contributed by atoms with Crippen LogP contribution < -0.4 is 9.62 Å². The van der Waals surface area contributed by atoms with E-state index in [0.29, 0.717) is 27.8 Å². The summed E-state index contributed by atoms with van der Waals surface area (Å²) < 4.78 is 45.0. The fourth-order valence-corrected chi connectivity index (χ4v) is 2.93. The quantitative estimate of drug-likeness (QED) is 0.257. The van der Waals surface area contributed by atoms with Gasteiger partial charge in [-0.05, 0) is 17.7 Å². The lowest BCUT2D eigenvalue weighted by molar-refractivity contribution is -0.141. The highest BCUT2D eigenvalue weighted by Crippen LogP contribution is 2.35. The Morgan fingerprint density at radius 2 is 1.90 bits per heavy atom. The summed E-state index contributed by atoms with van der Waals surface area (Å²) in [7, 11) is 12.1. The molecule has 0 atom stereocenters. The van der Waals surface area contributed by atoms with Crippen molar-refractivity contribution in [2.45, 2.75) is 18.1 Å². The van der Waals surface area contributed by atoms with Crippen LogP contribution >= 0.6 is 11.6 Å². The second-order valence-electron chi connectivity index (χ2n) is 6.35. The highest BCUT2D eigenvalue weighted by molar-refractivity contribution is 6.36. The topological polar surface area (TPSA) is 103 Å². The zero-order valence-electron chi connectivity index (χ0n) is 15.8. The van der Waals surface area contributed by atoms with E-state index in [-0.39, 0.29) is 23.0 Å². The van der Waals surface area contributed by atoms with Gasteiger partial charge in [0.2, 0.25) is 5.28 Å². The first kappa shape index (κ1) is 22.9. The number of aliphatic hydroxyl groups is 1. The Bertz CT molecular complexity index is 1110. The lowest BCUT2D eigenvalue weighted by Crippen LogP contribution is -2.34. The molecule has 8 nitrogen and oxygen atoms in total. The van der Waals surface area contributed by atoms with Crippen LogP contribution in [0.3, 0.4) is 0 Å². The van der Waals surface area contributed by atoms with Crippen LogP contribution in [-0.4, -0.2) is 52.7 Å². The maximum atomic E-state index is 13.1. The van der Waals surface area contributed by atoms with Gasteiger partial charge in [-0.3, -0.25) is 0 Å². The van der Waals surface area contributed by atoms with Crippen molar-refractivity contribution in [1.82, 2.24) is 19.5 Å². The summed E-state index contributed by atoms with van der Waals surface area (Å²) >= 11 is 5.81. The van der Waals surface area contributed by atoms with Crippen LogP contribution in [0.1, 0.15) is 17.0 Å². The van der Waals surface area contributed by atoms with Gasteiger partial charge in [0.1, 0.15) is 21.5 Å². The molecule has 0 bridgehead atoms. The van der Waals surface area contributed by atoms with Crippen molar-refractivity contribution in [3.8, 4) is 22.9 Å². The predicted molar refractivity (Wildman–Crippen MR) is 104 cm³/mol. The Balaban J connectivity index is 2.07. The van der Waals surface area contributed by atoms with Crippen LogP contribution in [-0.2, 0) is 18.1 Å². The molecule has 0 saturated heterocycles. The monoisotopic (exact) mass is 450 g/mol. The fraction of sp³-hybridized carbons (Fsp3) is 0.235. The molecule has 2 N–H and O–H groups in total. The molecular weight excluding hydrogens is 438 g/mol. The van der Waals surface area contributed by atoms with E-state index in [2.05, 4.69) is 19.8 Å². The maximum absolute atomic E-state index is 13.1. The first-order valence-electron chi connectivity index (χ1n) is 8.41. The minimum absolute atomic E-state index is 0.0188. The molecule has 0 aliphatic carbocycles. The Kier molecular flexibility index (Phi) is 6.21. The summed E-state index contributed by atoms with van der Waals surface area (Å²) in [5.41, 5.74) is -3.23. The average molecular weight is 450 g/mol. The maximum Gasteiger partial charge on any atom is 0.434 e. The summed E-state index contributed by atoms with van der Waals surface area (Å²) in [5, 5.41) is 19.1. The van der Waals surface area contributed by atoms with Crippen LogP contribution in [0.25, 0.3) is 11.4 Å². The minimum atomic E-state index is -4.82. The van der Waals surface area contributed by atoms with E-state index in [9.17, 15) is 23.5 Å². The fourth-order valence-electron chi connectivity index (χ4n) is 2.78. The second kappa shape index (κ2) is 8.40. The minimum Gasteiger partial charge on any atom is -0.493 e. The Labute approximate surface area is 181 Å². The number of aromatic nitrogens is 4. The van der Waals surface area contributed by atoms with Gasteiger partial charge in [0.25, 0.3) is 0 Å². The molecule has 0 fully saturated rings. The normalized spacial score (nSPS) is 12.1. The van der Waals surface area contributed by atoms with E-state index in [1.807, 2.05) is 0 Å². The number of imidazole rings is 1. The first-order chi connectivity index (χ1) is 14.4. The molecule has 1 aromatic carbocycles. The first-order valence-corrected chi connectivity index (χ1v) is 8.79. The predicted octanol–water partition coefficient (Wildman–Crippen LogP) is 2.36. The van der Waals surface area contributed by atoms with Gasteiger partial charge in [-0.25, -0.2) is 20.2 Å². The molecule has 0 aliphatic rings. The SMILES string of the molecule is [B]C([B])(O)n1cc(C(F)(F)F)nc1-c1ccc(Cc2nc(Cl)ncc2OC)c(OO)c1. The van der Waals surface area contributed by atoms with Crippen molar-refractivity contribution in [1.29, 1.82) is 0 Å². The number of nitrogens with zero attached hydrogens (tertiary/aromatic N) is 4. The van der Waals surface area contributed by atoms with Crippen LogP contribution in [0.5, 0.6) is 11.5 Å².